The molecule has 0 aliphatic heterocycles. The molecule has 0 bridgehead atoms. The first-order chi connectivity index (χ1) is 5.74. The van der Waals surface area contributed by atoms with Gasteiger partial charge in [-0.3, -0.25) is 0 Å². The van der Waals surface area contributed by atoms with E-state index in [1.807, 2.05) is 19.1 Å². The first-order valence-corrected chi connectivity index (χ1v) is 3.93. The Morgan fingerprint density at radius 2 is 2.17 bits per heavy atom. The highest BCUT2D eigenvalue weighted by Gasteiger charge is 2.03. The molecule has 1 rings (SSSR count). The number of hydrogen-bond donors (Lipinski definition) is 2. The van der Waals surface area contributed by atoms with Crippen molar-refractivity contribution >= 4 is 5.69 Å². The largest absolute Gasteiger partial charge is 0.463 e. The molecular formula is C9H13NO2. The van der Waals surface area contributed by atoms with Crippen LogP contribution in [-0.2, 0) is 0 Å². The highest BCUT2D eigenvalue weighted by Crippen LogP contribution is 2.20. The zero-order valence-corrected chi connectivity index (χ0v) is 7.03. The quantitative estimate of drug-likeness (QED) is 0.528. The van der Waals surface area contributed by atoms with Crippen LogP contribution in [0.3, 0.4) is 0 Å². The van der Waals surface area contributed by atoms with Crippen molar-refractivity contribution in [2.24, 2.45) is 0 Å². The molecular weight excluding hydrogens is 154 g/mol. The highest BCUT2D eigenvalue weighted by atomic mass is 16.6. The summed E-state index contributed by atoms with van der Waals surface area (Å²) in [6.07, 6.45) is -0.219. The van der Waals surface area contributed by atoms with Crippen LogP contribution in [0.4, 0.5) is 5.69 Å². The number of nitrogen functional groups attached to an aromatic ring is 1. The Labute approximate surface area is 71.8 Å². The molecule has 0 saturated carbocycles. The van der Waals surface area contributed by atoms with Gasteiger partial charge in [0, 0.05) is 6.42 Å². The molecule has 0 aliphatic rings. The Hall–Kier alpha value is -1.22. The number of rotatable bonds is 3. The number of hydrogen-bond acceptors (Lipinski definition) is 3. The molecule has 0 amide bonds. The van der Waals surface area contributed by atoms with Crippen molar-refractivity contribution in [1.29, 1.82) is 0 Å². The summed E-state index contributed by atoms with van der Waals surface area (Å²) in [4.78, 5) is 0. The molecule has 0 aromatic heterocycles. The minimum absolute atomic E-state index is 0.534. The molecule has 12 heavy (non-hydrogen) atoms. The van der Waals surface area contributed by atoms with Gasteiger partial charge in [-0.25, -0.2) is 0 Å². The van der Waals surface area contributed by atoms with E-state index in [0.717, 1.165) is 0 Å². The van der Waals surface area contributed by atoms with E-state index >= 15 is 0 Å². The summed E-state index contributed by atoms with van der Waals surface area (Å²) in [5, 5.41) is 9.16. The number of aliphatic hydroxyl groups excluding tert-OH is 1. The van der Waals surface area contributed by atoms with Crippen molar-refractivity contribution in [2.45, 2.75) is 19.6 Å². The molecule has 0 aliphatic carbocycles. The smallest absolute Gasteiger partial charge is 0.197 e. The van der Waals surface area contributed by atoms with Crippen molar-refractivity contribution in [3.05, 3.63) is 24.3 Å². The number of aliphatic hydroxyl groups is 1. The lowest BCUT2D eigenvalue weighted by Crippen LogP contribution is -2.14. The maximum Gasteiger partial charge on any atom is 0.197 e. The molecule has 1 aromatic rings. The Bertz CT molecular complexity index is 250. The van der Waals surface area contributed by atoms with Gasteiger partial charge in [0.2, 0.25) is 0 Å². The van der Waals surface area contributed by atoms with Gasteiger partial charge in [-0.15, -0.1) is 0 Å². The fourth-order valence-corrected chi connectivity index (χ4v) is 0.818. The van der Waals surface area contributed by atoms with Crippen LogP contribution in [0.2, 0.25) is 0 Å². The zero-order valence-electron chi connectivity index (χ0n) is 7.03. The Balaban J connectivity index is 2.69. The number of benzene rings is 1. The SMILES string of the molecule is CCC(O)Oc1ccccc1N. The molecule has 0 saturated heterocycles. The average Bonchev–Trinajstić information content (AvgIpc) is 2.09. The number of para-hydroxylation sites is 2. The Morgan fingerprint density at radius 1 is 1.50 bits per heavy atom. The van der Waals surface area contributed by atoms with Crippen molar-refractivity contribution in [3.8, 4) is 5.75 Å². The van der Waals surface area contributed by atoms with Crippen LogP contribution in [0, 0.1) is 0 Å². The Kier molecular flexibility index (Phi) is 2.94. The summed E-state index contributed by atoms with van der Waals surface area (Å²) in [5.41, 5.74) is 6.13. The number of anilines is 1. The van der Waals surface area contributed by atoms with E-state index < -0.39 is 6.29 Å². The molecule has 1 unspecified atom stereocenters. The average molecular weight is 167 g/mol. The van der Waals surface area contributed by atoms with Crippen LogP contribution in [0.15, 0.2) is 24.3 Å². The summed E-state index contributed by atoms with van der Waals surface area (Å²) < 4.78 is 5.12. The third-order valence-electron chi connectivity index (χ3n) is 1.53. The van der Waals surface area contributed by atoms with Gasteiger partial charge < -0.3 is 15.6 Å². The molecule has 3 nitrogen and oxygen atoms in total. The lowest BCUT2D eigenvalue weighted by atomic mass is 10.3. The first kappa shape index (κ1) is 8.87. The second kappa shape index (κ2) is 3.97. The zero-order chi connectivity index (χ0) is 8.97. The van der Waals surface area contributed by atoms with E-state index in [1.54, 1.807) is 12.1 Å². The van der Waals surface area contributed by atoms with Gasteiger partial charge in [-0.05, 0) is 12.1 Å². The fraction of sp³-hybridized carbons (Fsp3) is 0.333. The molecule has 1 atom stereocenters. The van der Waals surface area contributed by atoms with Gasteiger partial charge in [0.1, 0.15) is 5.75 Å². The fourth-order valence-electron chi connectivity index (χ4n) is 0.818. The van der Waals surface area contributed by atoms with E-state index in [4.69, 9.17) is 15.6 Å². The van der Waals surface area contributed by atoms with Crippen molar-refractivity contribution in [1.82, 2.24) is 0 Å². The standard InChI is InChI=1S/C9H13NO2/c1-2-9(11)12-8-6-4-3-5-7(8)10/h3-6,9,11H,2,10H2,1H3. The van der Waals surface area contributed by atoms with Crippen molar-refractivity contribution < 1.29 is 9.84 Å². The van der Waals surface area contributed by atoms with E-state index in [2.05, 4.69) is 0 Å². The van der Waals surface area contributed by atoms with Gasteiger partial charge in [-0.1, -0.05) is 19.1 Å². The summed E-state index contributed by atoms with van der Waals surface area (Å²) in [6, 6.07) is 7.10. The topological polar surface area (TPSA) is 55.5 Å². The van der Waals surface area contributed by atoms with E-state index in [1.165, 1.54) is 0 Å². The second-order valence-corrected chi connectivity index (χ2v) is 2.52. The summed E-state index contributed by atoms with van der Waals surface area (Å²) in [5.74, 6) is 0.534. The Morgan fingerprint density at radius 3 is 2.75 bits per heavy atom. The highest BCUT2D eigenvalue weighted by molar-refractivity contribution is 5.51. The molecule has 3 heteroatoms. The lowest BCUT2D eigenvalue weighted by Gasteiger charge is -2.12. The van der Waals surface area contributed by atoms with Gasteiger partial charge in [0.05, 0.1) is 5.69 Å². The van der Waals surface area contributed by atoms with Gasteiger partial charge in [0.15, 0.2) is 6.29 Å². The van der Waals surface area contributed by atoms with Gasteiger partial charge >= 0.3 is 0 Å². The third kappa shape index (κ3) is 2.13. The maximum atomic E-state index is 9.16. The lowest BCUT2D eigenvalue weighted by molar-refractivity contribution is -0.0185. The molecule has 0 radical (unpaired) electrons. The second-order valence-electron chi connectivity index (χ2n) is 2.52. The number of nitrogens with two attached hydrogens (primary N) is 1. The number of ether oxygens (including phenoxy) is 1. The molecule has 3 N–H and O–H groups in total. The summed E-state index contributed by atoms with van der Waals surface area (Å²) in [7, 11) is 0. The molecule has 66 valence electrons. The predicted molar refractivity (Wildman–Crippen MR) is 47.8 cm³/mol. The van der Waals surface area contributed by atoms with E-state index in [9.17, 15) is 0 Å². The van der Waals surface area contributed by atoms with Crippen molar-refractivity contribution in [3.63, 3.8) is 0 Å². The van der Waals surface area contributed by atoms with Crippen LogP contribution in [-0.4, -0.2) is 11.4 Å². The van der Waals surface area contributed by atoms with Crippen LogP contribution in [0.5, 0.6) is 5.75 Å². The monoisotopic (exact) mass is 167 g/mol. The predicted octanol–water partition coefficient (Wildman–Crippen LogP) is 1.38. The van der Waals surface area contributed by atoms with Crippen LogP contribution in [0.1, 0.15) is 13.3 Å². The van der Waals surface area contributed by atoms with E-state index in [0.29, 0.717) is 17.9 Å². The molecule has 0 heterocycles. The van der Waals surface area contributed by atoms with Gasteiger partial charge in [-0.2, -0.15) is 0 Å². The van der Waals surface area contributed by atoms with E-state index in [-0.39, 0.29) is 0 Å². The minimum atomic E-state index is -0.769. The summed E-state index contributed by atoms with van der Waals surface area (Å²) in [6.45, 7) is 1.84. The maximum absolute atomic E-state index is 9.16. The molecule has 1 aromatic carbocycles. The van der Waals surface area contributed by atoms with Gasteiger partial charge in [0.25, 0.3) is 0 Å². The third-order valence-corrected chi connectivity index (χ3v) is 1.53. The first-order valence-electron chi connectivity index (χ1n) is 3.93. The van der Waals surface area contributed by atoms with Crippen LogP contribution < -0.4 is 10.5 Å². The molecule has 0 fully saturated rings. The van der Waals surface area contributed by atoms with Crippen LogP contribution in [0.25, 0.3) is 0 Å². The van der Waals surface area contributed by atoms with Crippen LogP contribution >= 0.6 is 0 Å². The molecule has 0 spiro atoms. The summed E-state index contributed by atoms with van der Waals surface area (Å²) >= 11 is 0. The minimum Gasteiger partial charge on any atom is -0.463 e. The normalized spacial score (nSPS) is 12.5. The van der Waals surface area contributed by atoms with Crippen molar-refractivity contribution in [2.75, 3.05) is 5.73 Å².